The predicted octanol–water partition coefficient (Wildman–Crippen LogP) is 4.23. The van der Waals surface area contributed by atoms with Crippen molar-refractivity contribution in [2.45, 2.75) is 20.3 Å². The Morgan fingerprint density at radius 2 is 2.10 bits per heavy atom. The molecule has 2 aromatic rings. The van der Waals surface area contributed by atoms with Gasteiger partial charge in [0.1, 0.15) is 5.82 Å². The standard InChI is InChI=1S/C16H18BrN3O/c1-3-8-18-14-6-4-12(9-11(14)2)16(21)20-15-7-5-13(17)10-19-15/h4-7,9-10,18H,3,8H2,1-2H3,(H,19,20,21). The number of carbonyl (C=O) groups is 1. The molecular weight excluding hydrogens is 330 g/mol. The zero-order valence-corrected chi connectivity index (χ0v) is 13.7. The molecule has 0 bridgehead atoms. The first-order valence-corrected chi connectivity index (χ1v) is 7.67. The van der Waals surface area contributed by atoms with Gasteiger partial charge in [-0.1, -0.05) is 6.92 Å². The summed E-state index contributed by atoms with van der Waals surface area (Å²) in [6.45, 7) is 5.04. The van der Waals surface area contributed by atoms with E-state index in [9.17, 15) is 4.79 Å². The van der Waals surface area contributed by atoms with E-state index in [1.807, 2.05) is 31.2 Å². The second-order valence-electron chi connectivity index (χ2n) is 4.77. The summed E-state index contributed by atoms with van der Waals surface area (Å²) >= 11 is 3.31. The van der Waals surface area contributed by atoms with Crippen molar-refractivity contribution in [2.24, 2.45) is 0 Å². The summed E-state index contributed by atoms with van der Waals surface area (Å²) in [7, 11) is 0. The fourth-order valence-electron chi connectivity index (χ4n) is 1.90. The minimum absolute atomic E-state index is 0.157. The molecule has 0 aliphatic heterocycles. The van der Waals surface area contributed by atoms with Crippen LogP contribution in [0, 0.1) is 6.92 Å². The monoisotopic (exact) mass is 347 g/mol. The second kappa shape index (κ2) is 7.22. The number of anilines is 2. The van der Waals surface area contributed by atoms with Gasteiger partial charge < -0.3 is 10.6 Å². The number of nitrogens with one attached hydrogen (secondary N) is 2. The normalized spacial score (nSPS) is 10.2. The summed E-state index contributed by atoms with van der Waals surface area (Å²) in [6, 6.07) is 9.23. The van der Waals surface area contributed by atoms with E-state index < -0.39 is 0 Å². The van der Waals surface area contributed by atoms with E-state index in [1.54, 1.807) is 12.3 Å². The summed E-state index contributed by atoms with van der Waals surface area (Å²) in [5, 5.41) is 6.12. The van der Waals surface area contributed by atoms with E-state index in [0.717, 1.165) is 28.7 Å². The van der Waals surface area contributed by atoms with Crippen molar-refractivity contribution in [1.82, 2.24) is 4.98 Å². The van der Waals surface area contributed by atoms with Crippen LogP contribution in [-0.2, 0) is 0 Å². The Bertz CT molecular complexity index is 626. The molecule has 0 radical (unpaired) electrons. The molecule has 21 heavy (non-hydrogen) atoms. The van der Waals surface area contributed by atoms with Crippen LogP contribution < -0.4 is 10.6 Å². The quantitative estimate of drug-likeness (QED) is 0.850. The first-order chi connectivity index (χ1) is 10.1. The topological polar surface area (TPSA) is 54.0 Å². The highest BCUT2D eigenvalue weighted by molar-refractivity contribution is 9.10. The minimum atomic E-state index is -0.157. The van der Waals surface area contributed by atoms with Crippen molar-refractivity contribution in [3.8, 4) is 0 Å². The van der Waals surface area contributed by atoms with Gasteiger partial charge in [0.2, 0.25) is 0 Å². The van der Waals surface area contributed by atoms with Crippen LogP contribution in [0.2, 0.25) is 0 Å². The number of amides is 1. The molecule has 0 atom stereocenters. The number of pyridine rings is 1. The Kier molecular flexibility index (Phi) is 5.33. The molecule has 0 aliphatic rings. The van der Waals surface area contributed by atoms with Gasteiger partial charge in [0, 0.05) is 28.5 Å². The summed E-state index contributed by atoms with van der Waals surface area (Å²) < 4.78 is 0.877. The van der Waals surface area contributed by atoms with Crippen LogP contribution in [0.15, 0.2) is 41.0 Å². The van der Waals surface area contributed by atoms with E-state index in [4.69, 9.17) is 0 Å². The van der Waals surface area contributed by atoms with Crippen LogP contribution >= 0.6 is 15.9 Å². The number of nitrogens with zero attached hydrogens (tertiary/aromatic N) is 1. The van der Waals surface area contributed by atoms with Gasteiger partial charge in [-0.25, -0.2) is 4.98 Å². The molecule has 0 saturated heterocycles. The largest absolute Gasteiger partial charge is 0.385 e. The van der Waals surface area contributed by atoms with Gasteiger partial charge in [-0.15, -0.1) is 0 Å². The zero-order chi connectivity index (χ0) is 15.2. The molecule has 0 unspecified atom stereocenters. The van der Waals surface area contributed by atoms with Gasteiger partial charge in [-0.05, 0) is 65.2 Å². The first kappa shape index (κ1) is 15.5. The Morgan fingerprint density at radius 3 is 2.71 bits per heavy atom. The van der Waals surface area contributed by atoms with E-state index in [2.05, 4.69) is 38.5 Å². The Balaban J connectivity index is 2.08. The highest BCUT2D eigenvalue weighted by Crippen LogP contribution is 2.18. The van der Waals surface area contributed by atoms with Gasteiger partial charge in [0.25, 0.3) is 5.91 Å². The maximum Gasteiger partial charge on any atom is 0.256 e. The molecule has 1 aromatic heterocycles. The number of hydrogen-bond acceptors (Lipinski definition) is 3. The lowest BCUT2D eigenvalue weighted by Gasteiger charge is -2.10. The molecule has 1 amide bonds. The van der Waals surface area contributed by atoms with E-state index in [0.29, 0.717) is 11.4 Å². The third-order valence-corrected chi connectivity index (χ3v) is 3.49. The number of aryl methyl sites for hydroxylation is 1. The summed E-state index contributed by atoms with van der Waals surface area (Å²) in [6.07, 6.45) is 2.72. The number of halogens is 1. The lowest BCUT2D eigenvalue weighted by Crippen LogP contribution is -2.13. The predicted molar refractivity (Wildman–Crippen MR) is 89.8 cm³/mol. The van der Waals surface area contributed by atoms with Crippen LogP contribution in [0.5, 0.6) is 0 Å². The number of carbonyl (C=O) groups excluding carboxylic acids is 1. The summed E-state index contributed by atoms with van der Waals surface area (Å²) in [5.41, 5.74) is 2.74. The molecule has 1 heterocycles. The van der Waals surface area contributed by atoms with Crippen LogP contribution in [0.4, 0.5) is 11.5 Å². The molecule has 2 N–H and O–H groups in total. The number of benzene rings is 1. The number of hydrogen-bond donors (Lipinski definition) is 2. The highest BCUT2D eigenvalue weighted by Gasteiger charge is 2.08. The minimum Gasteiger partial charge on any atom is -0.385 e. The number of aromatic nitrogens is 1. The molecule has 0 saturated carbocycles. The van der Waals surface area contributed by atoms with Crippen molar-refractivity contribution >= 4 is 33.3 Å². The van der Waals surface area contributed by atoms with Crippen LogP contribution in [-0.4, -0.2) is 17.4 Å². The molecule has 1 aromatic carbocycles. The van der Waals surface area contributed by atoms with E-state index in [-0.39, 0.29) is 5.91 Å². The fraction of sp³-hybridized carbons (Fsp3) is 0.250. The average Bonchev–Trinajstić information content (AvgIpc) is 2.48. The van der Waals surface area contributed by atoms with Crippen molar-refractivity contribution in [2.75, 3.05) is 17.2 Å². The summed E-state index contributed by atoms with van der Waals surface area (Å²) in [5.74, 6) is 0.379. The molecule has 5 heteroatoms. The Labute approximate surface area is 133 Å². The highest BCUT2D eigenvalue weighted by atomic mass is 79.9. The smallest absolute Gasteiger partial charge is 0.256 e. The molecule has 0 fully saturated rings. The zero-order valence-electron chi connectivity index (χ0n) is 12.1. The molecular formula is C16H18BrN3O. The van der Waals surface area contributed by atoms with Gasteiger partial charge in [0.15, 0.2) is 0 Å². The van der Waals surface area contributed by atoms with Crippen LogP contribution in [0.25, 0.3) is 0 Å². The maximum atomic E-state index is 12.2. The Morgan fingerprint density at radius 1 is 1.29 bits per heavy atom. The van der Waals surface area contributed by atoms with E-state index >= 15 is 0 Å². The fourth-order valence-corrected chi connectivity index (χ4v) is 2.14. The molecule has 0 spiro atoms. The van der Waals surface area contributed by atoms with Crippen molar-refractivity contribution in [3.05, 3.63) is 52.1 Å². The molecule has 2 rings (SSSR count). The Hall–Kier alpha value is -1.88. The number of rotatable bonds is 5. The van der Waals surface area contributed by atoms with Crippen molar-refractivity contribution in [1.29, 1.82) is 0 Å². The third kappa shape index (κ3) is 4.29. The molecule has 4 nitrogen and oxygen atoms in total. The van der Waals surface area contributed by atoms with Gasteiger partial charge in [-0.2, -0.15) is 0 Å². The lowest BCUT2D eigenvalue weighted by molar-refractivity contribution is 0.102. The average molecular weight is 348 g/mol. The van der Waals surface area contributed by atoms with Crippen molar-refractivity contribution in [3.63, 3.8) is 0 Å². The van der Waals surface area contributed by atoms with E-state index in [1.165, 1.54) is 0 Å². The second-order valence-corrected chi connectivity index (χ2v) is 5.69. The lowest BCUT2D eigenvalue weighted by atomic mass is 10.1. The summed E-state index contributed by atoms with van der Waals surface area (Å²) in [4.78, 5) is 16.3. The molecule has 0 aliphatic carbocycles. The third-order valence-electron chi connectivity index (χ3n) is 3.02. The van der Waals surface area contributed by atoms with Gasteiger partial charge in [-0.3, -0.25) is 4.79 Å². The van der Waals surface area contributed by atoms with Crippen LogP contribution in [0.1, 0.15) is 29.3 Å². The first-order valence-electron chi connectivity index (χ1n) is 6.87. The van der Waals surface area contributed by atoms with Crippen LogP contribution in [0.3, 0.4) is 0 Å². The maximum absolute atomic E-state index is 12.2. The molecule has 110 valence electrons. The van der Waals surface area contributed by atoms with Crippen molar-refractivity contribution < 1.29 is 4.79 Å². The van der Waals surface area contributed by atoms with Gasteiger partial charge >= 0.3 is 0 Å². The SMILES string of the molecule is CCCNc1ccc(C(=O)Nc2ccc(Br)cn2)cc1C. The van der Waals surface area contributed by atoms with Gasteiger partial charge in [0.05, 0.1) is 0 Å².